The lowest BCUT2D eigenvalue weighted by atomic mass is 9.90. The van der Waals surface area contributed by atoms with E-state index in [-0.39, 0.29) is 18.1 Å². The topological polar surface area (TPSA) is 253 Å². The van der Waals surface area contributed by atoms with Gasteiger partial charge in [0.25, 0.3) is 5.56 Å². The Morgan fingerprint density at radius 2 is 1.51 bits per heavy atom. The van der Waals surface area contributed by atoms with Gasteiger partial charge >= 0.3 is 29.2 Å². The minimum atomic E-state index is -5.72. The van der Waals surface area contributed by atoms with Crippen LogP contribution in [0.15, 0.2) is 46.1 Å². The van der Waals surface area contributed by atoms with Gasteiger partial charge in [-0.2, -0.15) is 8.62 Å². The molecule has 1 aliphatic carbocycles. The summed E-state index contributed by atoms with van der Waals surface area (Å²) < 4.78 is 60.3. The van der Waals surface area contributed by atoms with E-state index < -0.39 is 65.9 Å². The maximum atomic E-state index is 12.5. The van der Waals surface area contributed by atoms with Gasteiger partial charge in [-0.3, -0.25) is 23.4 Å². The normalized spacial score (nSPS) is 26.2. The number of ether oxygens (including phenoxy) is 1. The fourth-order valence-corrected chi connectivity index (χ4v) is 8.33. The summed E-state index contributed by atoms with van der Waals surface area (Å²) in [5, 5.41) is 20.9. The highest BCUT2D eigenvalue weighted by Crippen LogP contribution is 2.67. The van der Waals surface area contributed by atoms with E-state index in [0.717, 1.165) is 48.4 Å². The summed E-state index contributed by atoms with van der Waals surface area (Å²) in [7, 11) is -16.4. The number of hydrogen-bond acceptors (Lipinski definition) is 12. The van der Waals surface area contributed by atoms with Gasteiger partial charge in [-0.25, -0.2) is 18.5 Å². The number of nitrogens with one attached hydrogen (secondary N) is 1. The maximum absolute atomic E-state index is 12.5. The molecule has 0 bridgehead atoms. The highest BCUT2D eigenvalue weighted by Gasteiger charge is 2.47. The highest BCUT2D eigenvalue weighted by molar-refractivity contribution is 7.66. The Hall–Kier alpha value is -2.25. The molecule has 4 rings (SSSR count). The zero-order chi connectivity index (χ0) is 32.8. The summed E-state index contributed by atoms with van der Waals surface area (Å²) in [6.07, 6.45) is -1.36. The first-order chi connectivity index (χ1) is 21.1. The minimum Gasteiger partial charge on any atom is -0.387 e. The number of aromatic amines is 1. The smallest absolute Gasteiger partial charge is 0.387 e. The third kappa shape index (κ3) is 10.4. The molecular formula is C25H33N2O15P3. The predicted molar refractivity (Wildman–Crippen MR) is 154 cm³/mol. The second-order valence-corrected chi connectivity index (χ2v) is 15.0. The average molecular weight is 694 g/mol. The van der Waals surface area contributed by atoms with E-state index in [1.165, 1.54) is 0 Å². The molecule has 20 heteroatoms. The van der Waals surface area contributed by atoms with Crippen LogP contribution < -0.4 is 11.2 Å². The molecule has 1 saturated heterocycles. The zero-order valence-electron chi connectivity index (χ0n) is 23.6. The number of H-pyrrole nitrogens is 1. The van der Waals surface area contributed by atoms with E-state index in [2.05, 4.69) is 25.0 Å². The van der Waals surface area contributed by atoms with E-state index in [1.807, 2.05) is 35.3 Å². The first-order valence-corrected chi connectivity index (χ1v) is 18.2. The van der Waals surface area contributed by atoms with Crippen LogP contribution in [0.2, 0.25) is 0 Å². The van der Waals surface area contributed by atoms with Gasteiger partial charge in [-0.05, 0) is 24.3 Å². The van der Waals surface area contributed by atoms with Gasteiger partial charge in [0.1, 0.15) is 23.9 Å². The third-order valence-electron chi connectivity index (χ3n) is 6.95. The van der Waals surface area contributed by atoms with E-state index >= 15 is 0 Å². The number of aliphatic hydroxyl groups is 2. The molecule has 7 atom stereocenters. The van der Waals surface area contributed by atoms with Gasteiger partial charge in [-0.15, -0.1) is 0 Å². The molecule has 17 nitrogen and oxygen atoms in total. The highest BCUT2D eigenvalue weighted by atomic mass is 31.3. The quantitative estimate of drug-likeness (QED) is 0.137. The van der Waals surface area contributed by atoms with E-state index in [1.54, 1.807) is 0 Å². The SMILES string of the molecule is O=c1[nH]c(=O)n([C@@H]2O[C@H](COP(=O)(O)OP(=O)(O)OP(=O)(O)OCC3CCCCC3)C(O)[C@@H]2O)cc1C#CCc1ccccc1. The summed E-state index contributed by atoms with van der Waals surface area (Å²) in [5.74, 6) is 5.34. The van der Waals surface area contributed by atoms with Crippen molar-refractivity contribution >= 4 is 23.5 Å². The van der Waals surface area contributed by atoms with Crippen LogP contribution in [0.1, 0.15) is 49.5 Å². The number of nitrogens with zero attached hydrogens (tertiary/aromatic N) is 1. The molecule has 1 saturated carbocycles. The van der Waals surface area contributed by atoms with Crippen molar-refractivity contribution in [3.05, 3.63) is 68.5 Å². The number of hydrogen-bond donors (Lipinski definition) is 6. The Morgan fingerprint density at radius 1 is 0.889 bits per heavy atom. The molecule has 4 unspecified atom stereocenters. The second kappa shape index (κ2) is 15.1. The van der Waals surface area contributed by atoms with Crippen LogP contribution in [-0.4, -0.2) is 66.0 Å². The Labute approximate surface area is 256 Å². The molecule has 1 aromatic carbocycles. The summed E-state index contributed by atoms with van der Waals surface area (Å²) in [5.41, 5.74) is -1.13. The number of phosphoric ester groups is 2. The molecule has 0 amide bonds. The standard InChI is InChI=1S/C25H33N2O15P3/c28-21-20(16-39-44(34,35)42-45(36,37)41-43(32,33)38-15-18-10-5-2-6-11-18)40-24(22(21)29)27-14-19(23(30)26-25(27)31)13-7-12-17-8-3-1-4-9-17/h1,3-4,8-9,14,18,20-22,24,28-29H,2,5-6,10-12,15-16H2,(H,32,33)(H,34,35)(H,36,37)(H,26,30,31)/t20-,21?,22+,24-/m1/s1. The molecule has 6 N–H and O–H groups in total. The number of rotatable bonds is 12. The fourth-order valence-electron chi connectivity index (χ4n) is 4.74. The van der Waals surface area contributed by atoms with Gasteiger partial charge in [0.05, 0.1) is 13.2 Å². The zero-order valence-corrected chi connectivity index (χ0v) is 26.3. The van der Waals surface area contributed by atoms with E-state index in [4.69, 9.17) is 9.26 Å². The molecule has 248 valence electrons. The van der Waals surface area contributed by atoms with Crippen molar-refractivity contribution in [2.45, 2.75) is 63.1 Å². The van der Waals surface area contributed by atoms with Gasteiger partial charge in [0.2, 0.25) is 0 Å². The van der Waals surface area contributed by atoms with Gasteiger partial charge in [-0.1, -0.05) is 61.4 Å². The fraction of sp³-hybridized carbons (Fsp3) is 0.520. The Kier molecular flexibility index (Phi) is 11.9. The van der Waals surface area contributed by atoms with Crippen molar-refractivity contribution in [2.75, 3.05) is 13.2 Å². The lowest BCUT2D eigenvalue weighted by molar-refractivity contribution is -0.0542. The largest absolute Gasteiger partial charge is 0.490 e. The molecule has 1 aromatic heterocycles. The molecule has 2 heterocycles. The number of aromatic nitrogens is 2. The van der Waals surface area contributed by atoms with E-state index in [0.29, 0.717) is 6.42 Å². The van der Waals surface area contributed by atoms with Gasteiger partial charge in [0.15, 0.2) is 6.23 Å². The van der Waals surface area contributed by atoms with Crippen LogP contribution >= 0.6 is 23.5 Å². The van der Waals surface area contributed by atoms with Crippen LogP contribution in [0.25, 0.3) is 0 Å². The van der Waals surface area contributed by atoms with Crippen LogP contribution in [-0.2, 0) is 42.5 Å². The summed E-state index contributed by atoms with van der Waals surface area (Å²) in [4.78, 5) is 56.3. The summed E-state index contributed by atoms with van der Waals surface area (Å²) >= 11 is 0. The predicted octanol–water partition coefficient (Wildman–Crippen LogP) is 1.70. The second-order valence-electron chi connectivity index (χ2n) is 10.4. The van der Waals surface area contributed by atoms with Crippen molar-refractivity contribution in [1.82, 2.24) is 9.55 Å². The van der Waals surface area contributed by atoms with Gasteiger partial charge < -0.3 is 29.6 Å². The number of phosphoric acid groups is 3. The van der Waals surface area contributed by atoms with Crippen molar-refractivity contribution in [3.8, 4) is 11.8 Å². The average Bonchev–Trinajstić information content (AvgIpc) is 3.25. The van der Waals surface area contributed by atoms with Crippen LogP contribution in [0, 0.1) is 17.8 Å². The van der Waals surface area contributed by atoms with Crippen LogP contribution in [0.3, 0.4) is 0 Å². The first-order valence-electron chi connectivity index (χ1n) is 13.7. The summed E-state index contributed by atoms with van der Waals surface area (Å²) in [6, 6.07) is 9.11. The Morgan fingerprint density at radius 3 is 2.16 bits per heavy atom. The van der Waals surface area contributed by atoms with Crippen LogP contribution in [0.4, 0.5) is 0 Å². The molecule has 0 radical (unpaired) electrons. The van der Waals surface area contributed by atoms with Crippen molar-refractivity contribution in [2.24, 2.45) is 5.92 Å². The van der Waals surface area contributed by atoms with Crippen molar-refractivity contribution in [1.29, 1.82) is 0 Å². The third-order valence-corrected chi connectivity index (χ3v) is 11.2. The van der Waals surface area contributed by atoms with Gasteiger partial charge in [0, 0.05) is 12.6 Å². The molecule has 45 heavy (non-hydrogen) atoms. The summed E-state index contributed by atoms with van der Waals surface area (Å²) in [6.45, 7) is -1.29. The molecule has 0 spiro atoms. The lowest BCUT2D eigenvalue weighted by Crippen LogP contribution is -2.38. The Balaban J connectivity index is 1.36. The Bertz CT molecular complexity index is 1650. The first kappa shape index (κ1) is 35.6. The lowest BCUT2D eigenvalue weighted by Gasteiger charge is -2.23. The molecule has 2 aromatic rings. The minimum absolute atomic E-state index is 0.0720. The van der Waals surface area contributed by atoms with Crippen LogP contribution in [0.5, 0.6) is 0 Å². The van der Waals surface area contributed by atoms with Crippen molar-refractivity contribution in [3.63, 3.8) is 0 Å². The molecular weight excluding hydrogens is 661 g/mol. The van der Waals surface area contributed by atoms with Crippen molar-refractivity contribution < 1.29 is 61.0 Å². The maximum Gasteiger partial charge on any atom is 0.490 e. The number of benzene rings is 1. The van der Waals surface area contributed by atoms with E-state index in [9.17, 15) is 48.2 Å². The molecule has 1 aliphatic heterocycles. The molecule has 2 aliphatic rings. The molecule has 2 fully saturated rings. The number of aliphatic hydroxyl groups excluding tert-OH is 2. The monoisotopic (exact) mass is 694 g/mol.